The van der Waals surface area contributed by atoms with Gasteiger partial charge in [-0.05, 0) is 66.2 Å². The standard InChI is InChI=1S/C26H19NO8/c1-30-18-7-4-16(5-8-18)25(28)34-21-9-3-15(12-22(21)31-2)11-19-26(29)35-24(27-19)17-6-10-20-23(13-17)33-14-32-20/h3-13H,14H2,1-2H3/b19-11+. The summed E-state index contributed by atoms with van der Waals surface area (Å²) in [4.78, 5) is 29.2. The fourth-order valence-corrected chi connectivity index (χ4v) is 3.46. The number of hydrogen-bond donors (Lipinski definition) is 0. The third kappa shape index (κ3) is 4.51. The molecule has 0 unspecified atom stereocenters. The molecule has 2 heterocycles. The first-order valence-corrected chi connectivity index (χ1v) is 10.5. The zero-order valence-corrected chi connectivity index (χ0v) is 18.8. The third-order valence-corrected chi connectivity index (χ3v) is 5.26. The van der Waals surface area contributed by atoms with Crippen LogP contribution in [-0.2, 0) is 9.53 Å². The van der Waals surface area contributed by atoms with E-state index in [1.165, 1.54) is 7.11 Å². The first kappa shape index (κ1) is 22.0. The first-order chi connectivity index (χ1) is 17.0. The number of rotatable bonds is 6. The number of methoxy groups -OCH3 is 2. The number of nitrogens with zero attached hydrogens (tertiary/aromatic N) is 1. The number of carbonyl (C=O) groups excluding carboxylic acids is 2. The Morgan fingerprint density at radius 2 is 1.71 bits per heavy atom. The SMILES string of the molecule is COc1ccc(C(=O)Oc2ccc(/C=C3/N=C(c4ccc5c(c4)OCO5)OC3=O)cc2OC)cc1. The van der Waals surface area contributed by atoms with Crippen molar-refractivity contribution in [2.75, 3.05) is 21.0 Å². The van der Waals surface area contributed by atoms with Gasteiger partial charge in [0, 0.05) is 5.56 Å². The molecule has 0 bridgehead atoms. The molecule has 0 atom stereocenters. The summed E-state index contributed by atoms with van der Waals surface area (Å²) < 4.78 is 32.0. The normalized spacial score (nSPS) is 15.0. The Hall–Kier alpha value is -4.79. The lowest BCUT2D eigenvalue weighted by Crippen LogP contribution is -2.09. The molecule has 3 aromatic rings. The molecule has 0 fully saturated rings. The Morgan fingerprint density at radius 3 is 2.49 bits per heavy atom. The lowest BCUT2D eigenvalue weighted by atomic mass is 10.1. The number of esters is 2. The van der Waals surface area contributed by atoms with Gasteiger partial charge in [-0.2, -0.15) is 0 Å². The summed E-state index contributed by atoms with van der Waals surface area (Å²) in [5, 5.41) is 0. The molecule has 0 amide bonds. The Morgan fingerprint density at radius 1 is 0.914 bits per heavy atom. The van der Waals surface area contributed by atoms with E-state index in [1.54, 1.807) is 73.8 Å². The molecule has 3 aromatic carbocycles. The van der Waals surface area contributed by atoms with Gasteiger partial charge in [-0.15, -0.1) is 0 Å². The van der Waals surface area contributed by atoms with Gasteiger partial charge in [0.15, 0.2) is 28.7 Å². The Balaban J connectivity index is 1.36. The van der Waals surface area contributed by atoms with Crippen molar-refractivity contribution in [1.29, 1.82) is 0 Å². The molecule has 35 heavy (non-hydrogen) atoms. The van der Waals surface area contributed by atoms with Crippen LogP contribution >= 0.6 is 0 Å². The summed E-state index contributed by atoms with van der Waals surface area (Å²) in [6, 6.07) is 16.6. The Labute approximate surface area is 200 Å². The number of ether oxygens (including phenoxy) is 6. The van der Waals surface area contributed by atoms with Gasteiger partial charge in [0.25, 0.3) is 0 Å². The van der Waals surface area contributed by atoms with Crippen LogP contribution in [0.5, 0.6) is 28.7 Å². The van der Waals surface area contributed by atoms with Gasteiger partial charge >= 0.3 is 11.9 Å². The molecule has 0 spiro atoms. The second-order valence-corrected chi connectivity index (χ2v) is 7.43. The molecule has 5 rings (SSSR count). The van der Waals surface area contributed by atoms with E-state index < -0.39 is 11.9 Å². The highest BCUT2D eigenvalue weighted by Crippen LogP contribution is 2.34. The van der Waals surface area contributed by atoms with Crippen LogP contribution in [0.3, 0.4) is 0 Å². The second kappa shape index (κ2) is 9.22. The highest BCUT2D eigenvalue weighted by molar-refractivity contribution is 6.13. The lowest BCUT2D eigenvalue weighted by Gasteiger charge is -2.10. The van der Waals surface area contributed by atoms with Gasteiger partial charge in [0.05, 0.1) is 19.8 Å². The largest absolute Gasteiger partial charge is 0.497 e. The van der Waals surface area contributed by atoms with E-state index >= 15 is 0 Å². The molecule has 9 nitrogen and oxygen atoms in total. The van der Waals surface area contributed by atoms with Crippen molar-refractivity contribution in [1.82, 2.24) is 0 Å². The smallest absolute Gasteiger partial charge is 0.363 e. The number of benzene rings is 3. The quantitative estimate of drug-likeness (QED) is 0.301. The average molecular weight is 473 g/mol. The lowest BCUT2D eigenvalue weighted by molar-refractivity contribution is -0.129. The van der Waals surface area contributed by atoms with Gasteiger partial charge in [-0.25, -0.2) is 14.6 Å². The molecule has 0 N–H and O–H groups in total. The van der Waals surface area contributed by atoms with Crippen LogP contribution < -0.4 is 23.7 Å². The Kier molecular flexibility index (Phi) is 5.80. The van der Waals surface area contributed by atoms with Crippen LogP contribution in [-0.4, -0.2) is 38.8 Å². The summed E-state index contributed by atoms with van der Waals surface area (Å²) in [5.41, 5.74) is 1.67. The summed E-state index contributed by atoms with van der Waals surface area (Å²) >= 11 is 0. The van der Waals surface area contributed by atoms with Gasteiger partial charge in [-0.3, -0.25) is 0 Å². The molecule has 2 aliphatic heterocycles. The van der Waals surface area contributed by atoms with E-state index in [4.69, 9.17) is 28.4 Å². The number of aliphatic imine (C=N–C) groups is 1. The average Bonchev–Trinajstić information content (AvgIpc) is 3.50. The number of hydrogen-bond acceptors (Lipinski definition) is 9. The zero-order chi connectivity index (χ0) is 24.4. The van der Waals surface area contributed by atoms with Crippen LogP contribution in [0.2, 0.25) is 0 Å². The highest BCUT2D eigenvalue weighted by Gasteiger charge is 2.26. The molecule has 0 aromatic heterocycles. The van der Waals surface area contributed by atoms with Crippen molar-refractivity contribution in [3.63, 3.8) is 0 Å². The monoisotopic (exact) mass is 473 g/mol. The maximum atomic E-state index is 12.5. The maximum Gasteiger partial charge on any atom is 0.363 e. The van der Waals surface area contributed by atoms with Crippen molar-refractivity contribution in [3.05, 3.63) is 83.1 Å². The van der Waals surface area contributed by atoms with Crippen LogP contribution in [0, 0.1) is 0 Å². The minimum atomic E-state index is -0.591. The van der Waals surface area contributed by atoms with Crippen molar-refractivity contribution in [2.45, 2.75) is 0 Å². The molecular formula is C26H19NO8. The third-order valence-electron chi connectivity index (χ3n) is 5.26. The van der Waals surface area contributed by atoms with E-state index in [0.29, 0.717) is 39.7 Å². The van der Waals surface area contributed by atoms with Crippen LogP contribution in [0.4, 0.5) is 0 Å². The van der Waals surface area contributed by atoms with Crippen molar-refractivity contribution in [2.24, 2.45) is 4.99 Å². The van der Waals surface area contributed by atoms with Crippen LogP contribution in [0.1, 0.15) is 21.5 Å². The predicted molar refractivity (Wildman–Crippen MR) is 124 cm³/mol. The summed E-state index contributed by atoms with van der Waals surface area (Å²) in [6.45, 7) is 0.142. The number of fused-ring (bicyclic) bond motifs is 1. The molecule has 176 valence electrons. The zero-order valence-electron chi connectivity index (χ0n) is 18.8. The van der Waals surface area contributed by atoms with E-state index in [1.807, 2.05) is 0 Å². The van der Waals surface area contributed by atoms with Crippen molar-refractivity contribution >= 4 is 23.9 Å². The summed E-state index contributed by atoms with van der Waals surface area (Å²) in [7, 11) is 3.00. The number of carbonyl (C=O) groups is 2. The molecule has 0 radical (unpaired) electrons. The van der Waals surface area contributed by atoms with Gasteiger partial charge in [0.1, 0.15) is 5.75 Å². The molecular weight excluding hydrogens is 454 g/mol. The summed E-state index contributed by atoms with van der Waals surface area (Å²) in [5.74, 6) is 1.38. The van der Waals surface area contributed by atoms with Crippen LogP contribution in [0.15, 0.2) is 71.4 Å². The van der Waals surface area contributed by atoms with E-state index in [9.17, 15) is 9.59 Å². The van der Waals surface area contributed by atoms with Gasteiger partial charge in [0.2, 0.25) is 12.7 Å². The summed E-state index contributed by atoms with van der Waals surface area (Å²) in [6.07, 6.45) is 1.56. The fraction of sp³-hybridized carbons (Fsp3) is 0.115. The molecule has 0 aliphatic carbocycles. The minimum absolute atomic E-state index is 0.114. The predicted octanol–water partition coefficient (Wildman–Crippen LogP) is 4.00. The van der Waals surface area contributed by atoms with Crippen molar-refractivity contribution in [3.8, 4) is 28.7 Å². The van der Waals surface area contributed by atoms with E-state index in [2.05, 4.69) is 4.99 Å². The topological polar surface area (TPSA) is 102 Å². The number of cyclic esters (lactones) is 1. The highest BCUT2D eigenvalue weighted by atomic mass is 16.7. The van der Waals surface area contributed by atoms with Crippen molar-refractivity contribution < 1.29 is 38.0 Å². The van der Waals surface area contributed by atoms with Gasteiger partial charge < -0.3 is 28.4 Å². The van der Waals surface area contributed by atoms with Gasteiger partial charge in [-0.1, -0.05) is 6.07 Å². The fourth-order valence-electron chi connectivity index (χ4n) is 3.46. The van der Waals surface area contributed by atoms with E-state index in [0.717, 1.165) is 0 Å². The first-order valence-electron chi connectivity index (χ1n) is 10.5. The second-order valence-electron chi connectivity index (χ2n) is 7.43. The molecule has 2 aliphatic rings. The molecule has 0 saturated carbocycles. The maximum absolute atomic E-state index is 12.5. The molecule has 0 saturated heterocycles. The molecule has 9 heteroatoms. The van der Waals surface area contributed by atoms with E-state index in [-0.39, 0.29) is 24.1 Å². The minimum Gasteiger partial charge on any atom is -0.497 e. The van der Waals surface area contributed by atoms with Crippen LogP contribution in [0.25, 0.3) is 6.08 Å². The Bertz CT molecular complexity index is 1370.